The molecule has 1 aliphatic heterocycles. The molecule has 0 amide bonds. The predicted octanol–water partition coefficient (Wildman–Crippen LogP) is 1.20. The topological polar surface area (TPSA) is 61.3 Å². The van der Waals surface area contributed by atoms with Crippen molar-refractivity contribution < 1.29 is 0 Å². The minimum absolute atomic E-state index is 0.520. The van der Waals surface area contributed by atoms with E-state index >= 15 is 0 Å². The summed E-state index contributed by atoms with van der Waals surface area (Å²) in [5.41, 5.74) is 2.58. The van der Waals surface area contributed by atoms with Crippen LogP contribution in [0.3, 0.4) is 0 Å². The molecule has 4 rings (SSSR count). The number of hydrogen-bond donors (Lipinski definition) is 0. The van der Waals surface area contributed by atoms with Gasteiger partial charge in [0.15, 0.2) is 11.6 Å². The molecule has 0 radical (unpaired) electrons. The second-order valence-corrected chi connectivity index (χ2v) is 7.62. The number of hydrogen-bond acceptors (Lipinski definition) is 8. The number of aryl methyl sites for hydroxylation is 2. The number of aromatic nitrogens is 4. The minimum Gasteiger partial charge on any atom is -0.353 e. The van der Waals surface area contributed by atoms with E-state index in [1.165, 1.54) is 29.2 Å². The van der Waals surface area contributed by atoms with Gasteiger partial charge >= 0.3 is 0 Å². The molecular weight excluding hydrogens is 322 g/mol. The molecule has 0 N–H and O–H groups in total. The number of likely N-dealkylation sites (N-methyl/N-ethyl adjacent to an activating group) is 1. The molecule has 3 heterocycles. The SMILES string of the molecule is CN(C)c1nc(CN(C)C2CN(c3cc4c(nn3)CCC4)C2)ns1. The van der Waals surface area contributed by atoms with E-state index in [4.69, 9.17) is 0 Å². The first-order chi connectivity index (χ1) is 11.6. The third-order valence-corrected chi connectivity index (χ3v) is 5.77. The Morgan fingerprint density at radius 3 is 2.79 bits per heavy atom. The van der Waals surface area contributed by atoms with Gasteiger partial charge < -0.3 is 9.80 Å². The highest BCUT2D eigenvalue weighted by molar-refractivity contribution is 7.09. The molecule has 0 atom stereocenters. The monoisotopic (exact) mass is 345 g/mol. The molecule has 0 unspecified atom stereocenters. The lowest BCUT2D eigenvalue weighted by Gasteiger charge is -2.44. The van der Waals surface area contributed by atoms with Gasteiger partial charge in [-0.25, -0.2) is 4.98 Å². The molecule has 128 valence electrons. The van der Waals surface area contributed by atoms with Crippen LogP contribution < -0.4 is 9.80 Å². The van der Waals surface area contributed by atoms with Crippen LogP contribution in [0.2, 0.25) is 0 Å². The maximum Gasteiger partial charge on any atom is 0.204 e. The molecule has 0 aromatic carbocycles. The first-order valence-electron chi connectivity index (χ1n) is 8.40. The van der Waals surface area contributed by atoms with Crippen LogP contribution in [-0.4, -0.2) is 64.7 Å². The Morgan fingerprint density at radius 2 is 2.04 bits per heavy atom. The van der Waals surface area contributed by atoms with Gasteiger partial charge in [-0.3, -0.25) is 4.90 Å². The number of fused-ring (bicyclic) bond motifs is 1. The summed E-state index contributed by atoms with van der Waals surface area (Å²) in [6, 6.07) is 2.75. The van der Waals surface area contributed by atoms with Crippen LogP contribution in [0, 0.1) is 0 Å². The van der Waals surface area contributed by atoms with Gasteiger partial charge in [0.2, 0.25) is 5.13 Å². The van der Waals surface area contributed by atoms with Crippen LogP contribution in [0.1, 0.15) is 23.5 Å². The highest BCUT2D eigenvalue weighted by Crippen LogP contribution is 2.26. The molecule has 7 nitrogen and oxygen atoms in total. The molecule has 0 spiro atoms. The summed E-state index contributed by atoms with van der Waals surface area (Å²) in [6.45, 7) is 2.78. The molecule has 8 heteroatoms. The van der Waals surface area contributed by atoms with Crippen molar-refractivity contribution in [1.29, 1.82) is 0 Å². The van der Waals surface area contributed by atoms with Crippen LogP contribution in [0.15, 0.2) is 6.07 Å². The smallest absolute Gasteiger partial charge is 0.204 e. The van der Waals surface area contributed by atoms with E-state index < -0.39 is 0 Å². The predicted molar refractivity (Wildman–Crippen MR) is 95.8 cm³/mol. The van der Waals surface area contributed by atoms with E-state index in [1.54, 1.807) is 0 Å². The zero-order valence-electron chi connectivity index (χ0n) is 14.4. The summed E-state index contributed by atoms with van der Waals surface area (Å²) in [5.74, 6) is 1.93. The van der Waals surface area contributed by atoms with Gasteiger partial charge in [-0.05, 0) is 37.9 Å². The second kappa shape index (κ2) is 6.25. The van der Waals surface area contributed by atoms with Crippen LogP contribution in [0.4, 0.5) is 10.9 Å². The molecular formula is C16H23N7S. The highest BCUT2D eigenvalue weighted by atomic mass is 32.1. The lowest BCUT2D eigenvalue weighted by molar-refractivity contribution is 0.193. The number of anilines is 2. The second-order valence-electron chi connectivity index (χ2n) is 6.89. The van der Waals surface area contributed by atoms with Crippen molar-refractivity contribution in [2.75, 3.05) is 44.0 Å². The van der Waals surface area contributed by atoms with Gasteiger partial charge in [0.25, 0.3) is 0 Å². The van der Waals surface area contributed by atoms with Gasteiger partial charge in [-0.1, -0.05) is 0 Å². The summed E-state index contributed by atoms with van der Waals surface area (Å²) >= 11 is 1.46. The fraction of sp³-hybridized carbons (Fsp3) is 0.625. The average molecular weight is 345 g/mol. The Bertz CT molecular complexity index is 723. The molecule has 1 fully saturated rings. The number of rotatable bonds is 5. The molecule has 2 aromatic rings. The van der Waals surface area contributed by atoms with E-state index in [0.29, 0.717) is 6.04 Å². The van der Waals surface area contributed by atoms with Crippen molar-refractivity contribution in [2.24, 2.45) is 0 Å². The number of nitrogens with zero attached hydrogens (tertiary/aromatic N) is 7. The zero-order chi connectivity index (χ0) is 16.7. The first kappa shape index (κ1) is 15.7. The quantitative estimate of drug-likeness (QED) is 0.807. The fourth-order valence-electron chi connectivity index (χ4n) is 3.24. The molecule has 1 saturated heterocycles. The van der Waals surface area contributed by atoms with Crippen molar-refractivity contribution in [3.05, 3.63) is 23.1 Å². The third-order valence-electron chi connectivity index (χ3n) is 4.85. The van der Waals surface area contributed by atoms with E-state index in [0.717, 1.165) is 49.2 Å². The van der Waals surface area contributed by atoms with Gasteiger partial charge in [0.05, 0.1) is 12.2 Å². The normalized spacial score (nSPS) is 17.2. The van der Waals surface area contributed by atoms with Crippen LogP contribution in [-0.2, 0) is 19.4 Å². The van der Waals surface area contributed by atoms with Crippen molar-refractivity contribution in [3.8, 4) is 0 Å². The van der Waals surface area contributed by atoms with E-state index in [-0.39, 0.29) is 0 Å². The Labute approximate surface area is 146 Å². The first-order valence-corrected chi connectivity index (χ1v) is 9.18. The van der Waals surface area contributed by atoms with Crippen LogP contribution in [0.25, 0.3) is 0 Å². The van der Waals surface area contributed by atoms with Crippen molar-refractivity contribution in [3.63, 3.8) is 0 Å². The molecule has 0 saturated carbocycles. The largest absolute Gasteiger partial charge is 0.353 e. The summed E-state index contributed by atoms with van der Waals surface area (Å²) in [6.07, 6.45) is 3.46. The highest BCUT2D eigenvalue weighted by Gasteiger charge is 2.32. The molecule has 2 aliphatic rings. The zero-order valence-corrected chi connectivity index (χ0v) is 15.3. The maximum atomic E-state index is 4.56. The fourth-order valence-corrected chi connectivity index (χ4v) is 3.83. The van der Waals surface area contributed by atoms with E-state index in [2.05, 4.69) is 42.5 Å². The van der Waals surface area contributed by atoms with Crippen LogP contribution in [0.5, 0.6) is 0 Å². The minimum atomic E-state index is 0.520. The summed E-state index contributed by atoms with van der Waals surface area (Å²) in [7, 11) is 6.14. The van der Waals surface area contributed by atoms with Gasteiger partial charge in [-0.2, -0.15) is 9.47 Å². The molecule has 2 aromatic heterocycles. The van der Waals surface area contributed by atoms with E-state index in [9.17, 15) is 0 Å². The Kier molecular flexibility index (Phi) is 4.09. The van der Waals surface area contributed by atoms with Crippen molar-refractivity contribution >= 4 is 22.5 Å². The van der Waals surface area contributed by atoms with Gasteiger partial charge in [0, 0.05) is 44.8 Å². The molecule has 1 aliphatic carbocycles. The Morgan fingerprint density at radius 1 is 1.21 bits per heavy atom. The van der Waals surface area contributed by atoms with Crippen LogP contribution >= 0.6 is 11.5 Å². The lowest BCUT2D eigenvalue weighted by Crippen LogP contribution is -2.58. The lowest BCUT2D eigenvalue weighted by atomic mass is 10.1. The Balaban J connectivity index is 1.33. The summed E-state index contributed by atoms with van der Waals surface area (Å²) in [4.78, 5) is 11.2. The average Bonchev–Trinajstić information content (AvgIpc) is 3.13. The van der Waals surface area contributed by atoms with Gasteiger partial charge in [0.1, 0.15) is 0 Å². The molecule has 0 bridgehead atoms. The molecule has 24 heavy (non-hydrogen) atoms. The van der Waals surface area contributed by atoms with Gasteiger partial charge in [-0.15, -0.1) is 5.10 Å². The summed E-state index contributed by atoms with van der Waals surface area (Å²) in [5, 5.41) is 9.75. The van der Waals surface area contributed by atoms with Crippen molar-refractivity contribution in [1.82, 2.24) is 24.5 Å². The summed E-state index contributed by atoms with van der Waals surface area (Å²) < 4.78 is 4.45. The maximum absolute atomic E-state index is 4.56. The Hall–Kier alpha value is -1.80. The van der Waals surface area contributed by atoms with E-state index in [1.807, 2.05) is 19.0 Å². The van der Waals surface area contributed by atoms with Crippen molar-refractivity contribution in [2.45, 2.75) is 31.8 Å². The third kappa shape index (κ3) is 2.95. The standard InChI is InChI=1S/C16H23N7S/c1-21(2)16-17-14(20-24-16)10-22(3)12-8-23(9-12)15-7-11-5-4-6-13(11)18-19-15/h7,12H,4-6,8-10H2,1-3H3.